The summed E-state index contributed by atoms with van der Waals surface area (Å²) in [5, 5.41) is 11.1. The van der Waals surface area contributed by atoms with E-state index in [-0.39, 0.29) is 6.54 Å². The number of nitrogens with one attached hydrogen (secondary N) is 1. The van der Waals surface area contributed by atoms with E-state index < -0.39 is 46.8 Å². The Hall–Kier alpha value is -3.34. The number of carbonyl (C=O) groups is 2. The number of nitriles is 1. The fraction of sp³-hybridized carbons (Fsp3) is 0.211. The fourth-order valence-corrected chi connectivity index (χ4v) is 3.13. The van der Waals surface area contributed by atoms with Gasteiger partial charge in [0.1, 0.15) is 5.92 Å². The molecule has 2 aromatic carbocycles. The SMILES string of the molecule is CN1C[C@H](c2ccc(C#N)cc2)[C@@H](C(=O)Nc2ccc(F)c(F)c2F)C1=O. The molecule has 1 aliphatic rings. The van der Waals surface area contributed by atoms with E-state index in [1.807, 2.05) is 6.07 Å². The highest BCUT2D eigenvalue weighted by Gasteiger charge is 2.44. The van der Waals surface area contributed by atoms with Gasteiger partial charge in [-0.05, 0) is 29.8 Å². The average molecular weight is 373 g/mol. The molecule has 0 unspecified atom stereocenters. The maximum atomic E-state index is 13.8. The van der Waals surface area contributed by atoms with Gasteiger partial charge in [0, 0.05) is 19.5 Å². The molecule has 0 bridgehead atoms. The van der Waals surface area contributed by atoms with Crippen molar-refractivity contribution in [3.05, 3.63) is 65.0 Å². The van der Waals surface area contributed by atoms with Crippen molar-refractivity contribution < 1.29 is 22.8 Å². The lowest BCUT2D eigenvalue weighted by Gasteiger charge is -2.17. The minimum Gasteiger partial charge on any atom is -0.344 e. The molecule has 138 valence electrons. The third-order valence-electron chi connectivity index (χ3n) is 4.56. The standard InChI is InChI=1S/C19H14F3N3O2/c1-25-9-12(11-4-2-10(8-23)3-5-11)15(19(25)27)18(26)24-14-7-6-13(20)16(21)17(14)22/h2-7,12,15H,9H2,1H3,(H,24,26)/t12-,15+/m1/s1. The predicted molar refractivity (Wildman–Crippen MR) is 90.0 cm³/mol. The summed E-state index contributed by atoms with van der Waals surface area (Å²) in [5.74, 6) is -7.58. The third-order valence-corrected chi connectivity index (χ3v) is 4.56. The van der Waals surface area contributed by atoms with Gasteiger partial charge >= 0.3 is 0 Å². The number of carbonyl (C=O) groups excluding carboxylic acids is 2. The molecule has 3 rings (SSSR count). The molecular weight excluding hydrogens is 359 g/mol. The van der Waals surface area contributed by atoms with Gasteiger partial charge in [-0.15, -0.1) is 0 Å². The van der Waals surface area contributed by atoms with Gasteiger partial charge in [-0.2, -0.15) is 5.26 Å². The molecule has 2 atom stereocenters. The number of likely N-dealkylation sites (tertiary alicyclic amines) is 1. The topological polar surface area (TPSA) is 73.2 Å². The Balaban J connectivity index is 1.89. The monoisotopic (exact) mass is 373 g/mol. The molecule has 0 aliphatic carbocycles. The zero-order chi connectivity index (χ0) is 19.7. The van der Waals surface area contributed by atoms with Crippen molar-refractivity contribution in [2.24, 2.45) is 5.92 Å². The van der Waals surface area contributed by atoms with E-state index in [0.717, 1.165) is 6.07 Å². The molecule has 5 nitrogen and oxygen atoms in total. The molecule has 1 fully saturated rings. The molecule has 0 saturated carbocycles. The highest BCUT2D eigenvalue weighted by molar-refractivity contribution is 6.08. The Bertz CT molecular complexity index is 954. The summed E-state index contributed by atoms with van der Waals surface area (Å²) in [6.07, 6.45) is 0. The number of rotatable bonds is 3. The second kappa shape index (κ2) is 7.11. The average Bonchev–Trinajstić information content (AvgIpc) is 2.97. The lowest BCUT2D eigenvalue weighted by molar-refractivity contribution is -0.135. The molecule has 0 aromatic heterocycles. The van der Waals surface area contributed by atoms with Gasteiger partial charge in [0.15, 0.2) is 17.5 Å². The largest absolute Gasteiger partial charge is 0.344 e. The number of hydrogen-bond acceptors (Lipinski definition) is 3. The van der Waals surface area contributed by atoms with Crippen LogP contribution in [0.15, 0.2) is 36.4 Å². The van der Waals surface area contributed by atoms with Crippen LogP contribution in [-0.2, 0) is 9.59 Å². The molecule has 1 N–H and O–H groups in total. The van der Waals surface area contributed by atoms with Crippen LogP contribution in [0.4, 0.5) is 18.9 Å². The summed E-state index contributed by atoms with van der Waals surface area (Å²) in [4.78, 5) is 26.4. The Kier molecular flexibility index (Phi) is 4.86. The maximum Gasteiger partial charge on any atom is 0.237 e. The summed E-state index contributed by atoms with van der Waals surface area (Å²) in [6.45, 7) is 0.253. The maximum absolute atomic E-state index is 13.8. The number of halogens is 3. The molecule has 1 heterocycles. The summed E-state index contributed by atoms with van der Waals surface area (Å²) < 4.78 is 40.2. The Morgan fingerprint density at radius 2 is 1.81 bits per heavy atom. The van der Waals surface area contributed by atoms with Gasteiger partial charge < -0.3 is 10.2 Å². The highest BCUT2D eigenvalue weighted by atomic mass is 19.2. The van der Waals surface area contributed by atoms with E-state index in [1.54, 1.807) is 24.3 Å². The number of nitrogens with zero attached hydrogens (tertiary/aromatic N) is 2. The second-order valence-electron chi connectivity index (χ2n) is 6.25. The lowest BCUT2D eigenvalue weighted by Crippen LogP contribution is -2.33. The van der Waals surface area contributed by atoms with Crippen molar-refractivity contribution in [1.29, 1.82) is 5.26 Å². The van der Waals surface area contributed by atoms with Crippen molar-refractivity contribution in [3.8, 4) is 6.07 Å². The van der Waals surface area contributed by atoms with E-state index >= 15 is 0 Å². The van der Waals surface area contributed by atoms with E-state index in [0.29, 0.717) is 17.2 Å². The first-order valence-corrected chi connectivity index (χ1v) is 8.03. The van der Waals surface area contributed by atoms with E-state index in [4.69, 9.17) is 5.26 Å². The smallest absolute Gasteiger partial charge is 0.237 e. The molecule has 0 radical (unpaired) electrons. The van der Waals surface area contributed by atoms with Gasteiger partial charge in [0.2, 0.25) is 11.8 Å². The molecule has 8 heteroatoms. The van der Waals surface area contributed by atoms with Crippen LogP contribution in [0.1, 0.15) is 17.0 Å². The highest BCUT2D eigenvalue weighted by Crippen LogP contribution is 2.34. The van der Waals surface area contributed by atoms with Gasteiger partial charge in [-0.1, -0.05) is 12.1 Å². The Labute approximate surface area is 153 Å². The normalized spacial score (nSPS) is 19.1. The Morgan fingerprint density at radius 1 is 1.15 bits per heavy atom. The van der Waals surface area contributed by atoms with E-state index in [1.165, 1.54) is 11.9 Å². The van der Waals surface area contributed by atoms with Crippen molar-refractivity contribution in [2.75, 3.05) is 18.9 Å². The van der Waals surface area contributed by atoms with Gasteiger partial charge in [0.05, 0.1) is 17.3 Å². The zero-order valence-electron chi connectivity index (χ0n) is 14.2. The number of hydrogen-bond donors (Lipinski definition) is 1. The van der Waals surface area contributed by atoms with Crippen molar-refractivity contribution in [3.63, 3.8) is 0 Å². The van der Waals surface area contributed by atoms with E-state index in [2.05, 4.69) is 5.32 Å². The van der Waals surface area contributed by atoms with Crippen LogP contribution < -0.4 is 5.32 Å². The van der Waals surface area contributed by atoms with Crippen molar-refractivity contribution >= 4 is 17.5 Å². The first kappa shape index (κ1) is 18.5. The Morgan fingerprint density at radius 3 is 2.44 bits per heavy atom. The minimum atomic E-state index is -1.70. The summed E-state index contributed by atoms with van der Waals surface area (Å²) in [6, 6.07) is 10.0. The second-order valence-corrected chi connectivity index (χ2v) is 6.25. The van der Waals surface area contributed by atoms with Crippen LogP contribution in [0.3, 0.4) is 0 Å². The van der Waals surface area contributed by atoms with Crippen LogP contribution >= 0.6 is 0 Å². The lowest BCUT2D eigenvalue weighted by atomic mass is 9.87. The molecule has 2 aromatic rings. The molecular formula is C19H14F3N3O2. The minimum absolute atomic E-state index is 0.253. The zero-order valence-corrected chi connectivity index (χ0v) is 14.2. The molecule has 2 amide bonds. The third kappa shape index (κ3) is 3.36. The number of amides is 2. The molecule has 1 saturated heterocycles. The van der Waals surface area contributed by atoms with Crippen LogP contribution in [0.25, 0.3) is 0 Å². The van der Waals surface area contributed by atoms with Gasteiger partial charge in [-0.25, -0.2) is 13.2 Å². The summed E-state index contributed by atoms with van der Waals surface area (Å²) >= 11 is 0. The van der Waals surface area contributed by atoms with Crippen LogP contribution in [0.5, 0.6) is 0 Å². The quantitative estimate of drug-likeness (QED) is 0.664. The van der Waals surface area contributed by atoms with Crippen LogP contribution in [0, 0.1) is 34.7 Å². The van der Waals surface area contributed by atoms with Crippen molar-refractivity contribution in [1.82, 2.24) is 4.90 Å². The van der Waals surface area contributed by atoms with Gasteiger partial charge in [0.25, 0.3) is 0 Å². The van der Waals surface area contributed by atoms with Gasteiger partial charge in [-0.3, -0.25) is 9.59 Å². The van der Waals surface area contributed by atoms with Crippen LogP contribution in [0.2, 0.25) is 0 Å². The number of anilines is 1. The summed E-state index contributed by atoms with van der Waals surface area (Å²) in [5.41, 5.74) is 0.554. The number of benzene rings is 2. The summed E-state index contributed by atoms with van der Waals surface area (Å²) in [7, 11) is 1.53. The molecule has 27 heavy (non-hydrogen) atoms. The predicted octanol–water partition coefficient (Wildman–Crippen LogP) is 2.79. The van der Waals surface area contributed by atoms with Crippen molar-refractivity contribution in [2.45, 2.75) is 5.92 Å². The van der Waals surface area contributed by atoms with Crippen LogP contribution in [-0.4, -0.2) is 30.3 Å². The molecule has 0 spiro atoms. The first-order valence-electron chi connectivity index (χ1n) is 8.03. The first-order chi connectivity index (χ1) is 12.8. The molecule has 1 aliphatic heterocycles. The van der Waals surface area contributed by atoms with E-state index in [9.17, 15) is 22.8 Å². The number of likely N-dealkylation sites (N-methyl/N-ethyl adjacent to an activating group) is 1. The fourth-order valence-electron chi connectivity index (χ4n) is 3.13.